The Morgan fingerprint density at radius 2 is 1.56 bits per heavy atom. The molecule has 4 amide bonds. The number of hydrogen-bond acceptors (Lipinski definition) is 8. The molecule has 2 heterocycles. The van der Waals surface area contributed by atoms with E-state index >= 15 is 0 Å². The van der Waals surface area contributed by atoms with Gasteiger partial charge in [0.1, 0.15) is 5.60 Å². The monoisotopic (exact) mass is 609 g/mol. The number of amides is 4. The van der Waals surface area contributed by atoms with E-state index < -0.39 is 29.6 Å². The molecule has 1 aliphatic rings. The molecule has 0 bridgehead atoms. The van der Waals surface area contributed by atoms with E-state index in [0.29, 0.717) is 40.0 Å². The van der Waals surface area contributed by atoms with Gasteiger partial charge in [-0.15, -0.1) is 0 Å². The van der Waals surface area contributed by atoms with Gasteiger partial charge in [-0.3, -0.25) is 19.9 Å². The van der Waals surface area contributed by atoms with Crippen LogP contribution < -0.4 is 10.4 Å². The lowest BCUT2D eigenvalue weighted by Crippen LogP contribution is -2.53. The van der Waals surface area contributed by atoms with Crippen molar-refractivity contribution in [2.24, 2.45) is 0 Å². The van der Waals surface area contributed by atoms with Crippen molar-refractivity contribution in [1.82, 2.24) is 20.2 Å². The van der Waals surface area contributed by atoms with E-state index in [9.17, 15) is 19.2 Å². The van der Waals surface area contributed by atoms with Crippen LogP contribution in [0.25, 0.3) is 22.2 Å². The molecule has 0 spiro atoms. The number of rotatable bonds is 5. The molecular weight excluding hydrogens is 574 g/mol. The summed E-state index contributed by atoms with van der Waals surface area (Å²) in [4.78, 5) is 60.9. The van der Waals surface area contributed by atoms with Gasteiger partial charge in [-0.05, 0) is 39.0 Å². The molecule has 0 aliphatic carbocycles. The minimum Gasteiger partial charge on any atom is -0.451 e. The Labute approximate surface area is 261 Å². The van der Waals surface area contributed by atoms with E-state index in [1.807, 2.05) is 53.4 Å². The van der Waals surface area contributed by atoms with E-state index in [1.165, 1.54) is 7.11 Å². The Bertz CT molecular complexity index is 1720. The Hall–Kier alpha value is -5.29. The van der Waals surface area contributed by atoms with Crippen LogP contribution in [0.5, 0.6) is 0 Å². The van der Waals surface area contributed by atoms with E-state index in [1.54, 1.807) is 57.2 Å². The largest absolute Gasteiger partial charge is 0.451 e. The quantitative estimate of drug-likeness (QED) is 0.299. The molecule has 3 aromatic carbocycles. The van der Waals surface area contributed by atoms with Crippen LogP contribution in [-0.2, 0) is 20.8 Å². The first-order valence-corrected chi connectivity index (χ1v) is 14.5. The highest BCUT2D eigenvalue weighted by molar-refractivity contribution is 6.10. The molecule has 5 rings (SSSR count). The van der Waals surface area contributed by atoms with Crippen molar-refractivity contribution in [3.63, 3.8) is 0 Å². The second kappa shape index (κ2) is 13.1. The molecule has 1 aliphatic heterocycles. The minimum absolute atomic E-state index is 0.0698. The number of hydrazine groups is 1. The molecule has 4 aromatic rings. The molecule has 0 atom stereocenters. The van der Waals surface area contributed by atoms with Gasteiger partial charge in [0.25, 0.3) is 5.91 Å². The summed E-state index contributed by atoms with van der Waals surface area (Å²) in [5.74, 6) is -0.966. The van der Waals surface area contributed by atoms with Crippen LogP contribution in [0.15, 0.2) is 84.9 Å². The summed E-state index contributed by atoms with van der Waals surface area (Å²) >= 11 is 0. The summed E-state index contributed by atoms with van der Waals surface area (Å²) in [5.41, 5.74) is 5.19. The first kappa shape index (κ1) is 31.1. The topological polar surface area (TPSA) is 121 Å². The number of benzene rings is 3. The maximum absolute atomic E-state index is 14.3. The number of para-hydroxylation sites is 2. The number of carbonyl (C=O) groups excluding carboxylic acids is 4. The van der Waals surface area contributed by atoms with Gasteiger partial charge >= 0.3 is 12.2 Å². The lowest BCUT2D eigenvalue weighted by atomic mass is 9.95. The fourth-order valence-corrected chi connectivity index (χ4v) is 5.13. The van der Waals surface area contributed by atoms with Gasteiger partial charge in [0.15, 0.2) is 0 Å². The Kier molecular flexibility index (Phi) is 9.10. The number of pyridine rings is 1. The van der Waals surface area contributed by atoms with Crippen LogP contribution >= 0.6 is 0 Å². The highest BCUT2D eigenvalue weighted by atomic mass is 16.6. The molecule has 232 valence electrons. The first-order chi connectivity index (χ1) is 21.6. The van der Waals surface area contributed by atoms with Gasteiger partial charge in [-0.1, -0.05) is 66.7 Å². The second-order valence-corrected chi connectivity index (χ2v) is 11.5. The summed E-state index contributed by atoms with van der Waals surface area (Å²) in [6.07, 6.45) is -1.46. The van der Waals surface area contributed by atoms with Gasteiger partial charge < -0.3 is 9.47 Å². The highest BCUT2D eigenvalue weighted by Crippen LogP contribution is 2.32. The average molecular weight is 610 g/mol. The number of ether oxygens (including phenoxy) is 2. The SMILES string of the molecule is COC(=O)N(NC(=O)c1c(CN2CCN(C(=O)OC(C)(C)C)C(=O)C2)c(-c2ccccc2)nc2ccccc12)c1ccccc1. The number of carbonyl (C=O) groups is 4. The van der Waals surface area contributed by atoms with Crippen molar-refractivity contribution < 1.29 is 28.7 Å². The van der Waals surface area contributed by atoms with E-state index in [0.717, 1.165) is 15.5 Å². The third-order valence-electron chi connectivity index (χ3n) is 7.15. The van der Waals surface area contributed by atoms with Gasteiger partial charge in [-0.25, -0.2) is 19.5 Å². The number of aromatic nitrogens is 1. The predicted molar refractivity (Wildman–Crippen MR) is 169 cm³/mol. The summed E-state index contributed by atoms with van der Waals surface area (Å²) in [5, 5.41) is 1.62. The van der Waals surface area contributed by atoms with Crippen molar-refractivity contribution in [2.75, 3.05) is 31.8 Å². The molecule has 1 fully saturated rings. The number of piperazine rings is 1. The lowest BCUT2D eigenvalue weighted by Gasteiger charge is -2.34. The molecule has 0 radical (unpaired) electrons. The van der Waals surface area contributed by atoms with Crippen molar-refractivity contribution in [1.29, 1.82) is 0 Å². The number of fused-ring (bicyclic) bond motifs is 1. The Balaban J connectivity index is 1.57. The average Bonchev–Trinajstić information content (AvgIpc) is 3.02. The van der Waals surface area contributed by atoms with E-state index in [4.69, 9.17) is 14.5 Å². The maximum atomic E-state index is 14.3. The molecule has 1 N–H and O–H groups in total. The molecule has 11 heteroatoms. The molecule has 1 saturated heterocycles. The van der Waals surface area contributed by atoms with Gasteiger partial charge in [0, 0.05) is 36.1 Å². The van der Waals surface area contributed by atoms with Crippen LogP contribution in [0.2, 0.25) is 0 Å². The summed E-state index contributed by atoms with van der Waals surface area (Å²) < 4.78 is 10.4. The number of nitrogens with one attached hydrogen (secondary N) is 1. The summed E-state index contributed by atoms with van der Waals surface area (Å²) in [7, 11) is 1.24. The zero-order valence-electron chi connectivity index (χ0n) is 25.6. The van der Waals surface area contributed by atoms with Crippen LogP contribution in [0.4, 0.5) is 15.3 Å². The third-order valence-corrected chi connectivity index (χ3v) is 7.15. The highest BCUT2D eigenvalue weighted by Gasteiger charge is 2.34. The van der Waals surface area contributed by atoms with Gasteiger partial charge in [0.2, 0.25) is 5.91 Å². The van der Waals surface area contributed by atoms with Crippen molar-refractivity contribution in [3.8, 4) is 11.3 Å². The number of nitrogens with zero attached hydrogens (tertiary/aromatic N) is 4. The van der Waals surface area contributed by atoms with Crippen molar-refractivity contribution in [3.05, 3.63) is 96.1 Å². The molecular formula is C34H35N5O6. The first-order valence-electron chi connectivity index (χ1n) is 14.5. The maximum Gasteiger partial charge on any atom is 0.433 e. The second-order valence-electron chi connectivity index (χ2n) is 11.5. The third kappa shape index (κ3) is 7.10. The minimum atomic E-state index is -0.776. The van der Waals surface area contributed by atoms with Crippen LogP contribution in [0.1, 0.15) is 36.7 Å². The molecule has 1 aromatic heterocycles. The van der Waals surface area contributed by atoms with Gasteiger partial charge in [-0.2, -0.15) is 5.01 Å². The van der Waals surface area contributed by atoms with E-state index in [2.05, 4.69) is 5.43 Å². The number of imide groups is 1. The molecule has 45 heavy (non-hydrogen) atoms. The molecule has 11 nitrogen and oxygen atoms in total. The van der Waals surface area contributed by atoms with Crippen LogP contribution in [0, 0.1) is 0 Å². The number of methoxy groups -OCH3 is 1. The smallest absolute Gasteiger partial charge is 0.433 e. The zero-order valence-corrected chi connectivity index (χ0v) is 25.6. The zero-order chi connectivity index (χ0) is 32.1. The Morgan fingerprint density at radius 1 is 0.911 bits per heavy atom. The van der Waals surface area contributed by atoms with Crippen molar-refractivity contribution in [2.45, 2.75) is 32.9 Å². The van der Waals surface area contributed by atoms with Crippen LogP contribution in [-0.4, -0.2) is 71.1 Å². The van der Waals surface area contributed by atoms with Crippen LogP contribution in [0.3, 0.4) is 0 Å². The number of anilines is 1. The number of hydrogen-bond donors (Lipinski definition) is 1. The fourth-order valence-electron chi connectivity index (χ4n) is 5.13. The van der Waals surface area contributed by atoms with E-state index in [-0.39, 0.29) is 19.6 Å². The predicted octanol–water partition coefficient (Wildman–Crippen LogP) is 5.40. The summed E-state index contributed by atoms with van der Waals surface area (Å²) in [6, 6.07) is 25.4. The lowest BCUT2D eigenvalue weighted by molar-refractivity contribution is -0.135. The Morgan fingerprint density at radius 3 is 2.20 bits per heavy atom. The fraction of sp³-hybridized carbons (Fsp3) is 0.265. The molecule has 0 unspecified atom stereocenters. The summed E-state index contributed by atoms with van der Waals surface area (Å²) in [6.45, 7) is 5.81. The van der Waals surface area contributed by atoms with Gasteiger partial charge in [0.05, 0.1) is 36.1 Å². The standard InChI is InChI=1S/C34H35N5O6/c1-34(2,3)45-32(42)38-20-19-37(22-28(38)40)21-26-29(31(41)36-39(33(43)44-4)24-15-9-6-10-16-24)25-17-11-12-18-27(25)35-30(26)23-13-7-5-8-14-23/h5-18H,19-22H2,1-4H3,(H,36,41). The normalized spacial score (nSPS) is 13.8. The molecule has 0 saturated carbocycles. The van der Waals surface area contributed by atoms with Crippen molar-refractivity contribution >= 4 is 40.6 Å².